The minimum Gasteiger partial charge on any atom is -0.366 e. The van der Waals surface area contributed by atoms with E-state index in [4.69, 9.17) is 5.73 Å². The maximum atomic E-state index is 12.9. The molecule has 0 aliphatic heterocycles. The number of aryl methyl sites for hydroxylation is 2. The average Bonchev–Trinajstić information content (AvgIpc) is 3.22. The smallest absolute Gasteiger partial charge is 0.273 e. The molecular formula is C21H19N5O2. The first kappa shape index (κ1) is 17.5. The highest BCUT2D eigenvalue weighted by molar-refractivity contribution is 6.08. The molecule has 2 heterocycles. The van der Waals surface area contributed by atoms with E-state index in [0.717, 1.165) is 10.9 Å². The number of aromatic nitrogens is 3. The summed E-state index contributed by atoms with van der Waals surface area (Å²) in [6, 6.07) is 16.6. The van der Waals surface area contributed by atoms with Crippen LogP contribution in [0.5, 0.6) is 0 Å². The lowest BCUT2D eigenvalue weighted by Crippen LogP contribution is -2.17. The molecule has 2 aromatic carbocycles. The van der Waals surface area contributed by atoms with Gasteiger partial charge in [0.25, 0.3) is 5.91 Å². The van der Waals surface area contributed by atoms with Gasteiger partial charge in [0.1, 0.15) is 5.69 Å². The molecule has 0 fully saturated rings. The SMILES string of the molecule is Cn1cc(-c2ccccc2C(N)=O)c(NC(=O)c2cc3ccccc3n2C)n1. The maximum Gasteiger partial charge on any atom is 0.273 e. The van der Waals surface area contributed by atoms with Crippen LogP contribution in [0.3, 0.4) is 0 Å². The van der Waals surface area contributed by atoms with Crippen molar-refractivity contribution in [1.29, 1.82) is 0 Å². The van der Waals surface area contributed by atoms with Crippen molar-refractivity contribution in [1.82, 2.24) is 14.3 Å². The first-order valence-electron chi connectivity index (χ1n) is 8.74. The van der Waals surface area contributed by atoms with Crippen LogP contribution in [0.4, 0.5) is 5.82 Å². The van der Waals surface area contributed by atoms with Crippen molar-refractivity contribution in [2.45, 2.75) is 0 Å². The number of carbonyl (C=O) groups excluding carboxylic acids is 2. The summed E-state index contributed by atoms with van der Waals surface area (Å²) in [5.41, 5.74) is 8.61. The van der Waals surface area contributed by atoms with Crippen molar-refractivity contribution in [3.63, 3.8) is 0 Å². The zero-order valence-corrected chi connectivity index (χ0v) is 15.5. The lowest BCUT2D eigenvalue weighted by molar-refractivity contribution is 0.0997. The second-order valence-electron chi connectivity index (χ2n) is 6.58. The summed E-state index contributed by atoms with van der Waals surface area (Å²) in [6.45, 7) is 0. The van der Waals surface area contributed by atoms with Gasteiger partial charge in [0, 0.05) is 42.3 Å². The minimum absolute atomic E-state index is 0.282. The van der Waals surface area contributed by atoms with Crippen LogP contribution in [0.1, 0.15) is 20.8 Å². The van der Waals surface area contributed by atoms with Crippen LogP contribution in [-0.2, 0) is 14.1 Å². The Hall–Kier alpha value is -3.87. The molecule has 3 N–H and O–H groups in total. The van der Waals surface area contributed by atoms with E-state index in [1.807, 2.05) is 48.0 Å². The number of nitrogens with zero attached hydrogens (tertiary/aromatic N) is 3. The molecule has 0 saturated heterocycles. The van der Waals surface area contributed by atoms with E-state index in [9.17, 15) is 9.59 Å². The number of anilines is 1. The quantitative estimate of drug-likeness (QED) is 0.576. The van der Waals surface area contributed by atoms with E-state index in [2.05, 4.69) is 10.4 Å². The summed E-state index contributed by atoms with van der Waals surface area (Å²) in [6.07, 6.45) is 1.75. The van der Waals surface area contributed by atoms with Crippen LogP contribution in [0, 0.1) is 0 Å². The topological polar surface area (TPSA) is 94.9 Å². The van der Waals surface area contributed by atoms with Crippen molar-refractivity contribution in [3.8, 4) is 11.1 Å². The molecule has 0 aliphatic rings. The van der Waals surface area contributed by atoms with Crippen molar-refractivity contribution < 1.29 is 9.59 Å². The molecular weight excluding hydrogens is 354 g/mol. The van der Waals surface area contributed by atoms with Crippen LogP contribution in [-0.4, -0.2) is 26.2 Å². The molecule has 0 aliphatic carbocycles. The van der Waals surface area contributed by atoms with Crippen molar-refractivity contribution in [2.75, 3.05) is 5.32 Å². The molecule has 140 valence electrons. The predicted octanol–water partition coefficient (Wildman–Crippen LogP) is 2.93. The van der Waals surface area contributed by atoms with Crippen molar-refractivity contribution >= 4 is 28.5 Å². The number of amides is 2. The second-order valence-corrected chi connectivity index (χ2v) is 6.58. The van der Waals surface area contributed by atoms with Gasteiger partial charge in [-0.2, -0.15) is 5.10 Å². The summed E-state index contributed by atoms with van der Waals surface area (Å²) < 4.78 is 3.43. The molecule has 7 heteroatoms. The standard InChI is InChI=1S/C21H19N5O2/c1-25-12-16(14-8-4-5-9-15(14)19(22)27)20(24-25)23-21(28)18-11-13-7-3-6-10-17(13)26(18)2/h3-12H,1-2H3,(H2,22,27)(H,23,24,28). The maximum absolute atomic E-state index is 12.9. The number of nitrogens with two attached hydrogens (primary N) is 1. The van der Waals surface area contributed by atoms with Crippen LogP contribution < -0.4 is 11.1 Å². The largest absolute Gasteiger partial charge is 0.366 e. The molecule has 28 heavy (non-hydrogen) atoms. The highest BCUT2D eigenvalue weighted by Crippen LogP contribution is 2.30. The predicted molar refractivity (Wildman–Crippen MR) is 108 cm³/mol. The molecule has 7 nitrogen and oxygen atoms in total. The van der Waals surface area contributed by atoms with Crippen LogP contribution in [0.2, 0.25) is 0 Å². The number of rotatable bonds is 4. The zero-order chi connectivity index (χ0) is 19.8. The molecule has 4 rings (SSSR count). The molecule has 0 atom stereocenters. The molecule has 0 bridgehead atoms. The van der Waals surface area contributed by atoms with Gasteiger partial charge in [0.2, 0.25) is 5.91 Å². The van der Waals surface area contributed by atoms with Crippen LogP contribution in [0.25, 0.3) is 22.0 Å². The number of primary amides is 1. The summed E-state index contributed by atoms with van der Waals surface area (Å²) >= 11 is 0. The number of para-hydroxylation sites is 1. The Bertz CT molecular complexity index is 1220. The Morgan fingerprint density at radius 1 is 1.00 bits per heavy atom. The number of fused-ring (bicyclic) bond motifs is 1. The summed E-state index contributed by atoms with van der Waals surface area (Å²) in [5, 5.41) is 8.21. The van der Waals surface area contributed by atoms with Gasteiger partial charge < -0.3 is 15.6 Å². The molecule has 2 aromatic heterocycles. The summed E-state index contributed by atoms with van der Waals surface area (Å²) in [5.74, 6) is -0.452. The lowest BCUT2D eigenvalue weighted by atomic mass is 10.0. The van der Waals surface area contributed by atoms with Gasteiger partial charge >= 0.3 is 0 Å². The van der Waals surface area contributed by atoms with E-state index in [1.165, 1.54) is 0 Å². The fourth-order valence-corrected chi connectivity index (χ4v) is 3.39. The highest BCUT2D eigenvalue weighted by Gasteiger charge is 2.20. The number of hydrogen-bond acceptors (Lipinski definition) is 3. The van der Waals surface area contributed by atoms with E-state index in [-0.39, 0.29) is 5.91 Å². The molecule has 0 unspecified atom stereocenters. The molecule has 2 amide bonds. The first-order valence-corrected chi connectivity index (χ1v) is 8.74. The monoisotopic (exact) mass is 373 g/mol. The van der Waals surface area contributed by atoms with E-state index < -0.39 is 5.91 Å². The molecule has 4 aromatic rings. The number of nitrogens with one attached hydrogen (secondary N) is 1. The fourth-order valence-electron chi connectivity index (χ4n) is 3.39. The Morgan fingerprint density at radius 2 is 1.71 bits per heavy atom. The van der Waals surface area contributed by atoms with Gasteiger partial charge in [-0.1, -0.05) is 36.4 Å². The molecule has 0 spiro atoms. The van der Waals surface area contributed by atoms with Gasteiger partial charge in [0.15, 0.2) is 5.82 Å². The van der Waals surface area contributed by atoms with E-state index in [0.29, 0.717) is 28.2 Å². The Kier molecular flexibility index (Phi) is 4.19. The minimum atomic E-state index is -0.537. The van der Waals surface area contributed by atoms with Crippen LogP contribution >= 0.6 is 0 Å². The lowest BCUT2D eigenvalue weighted by Gasteiger charge is -2.09. The first-order chi connectivity index (χ1) is 13.5. The third-order valence-electron chi connectivity index (χ3n) is 4.73. The Morgan fingerprint density at radius 3 is 2.46 bits per heavy atom. The third kappa shape index (κ3) is 2.92. The molecule has 0 saturated carbocycles. The average molecular weight is 373 g/mol. The number of carbonyl (C=O) groups is 2. The van der Waals surface area contributed by atoms with E-state index >= 15 is 0 Å². The van der Waals surface area contributed by atoms with Crippen molar-refractivity contribution in [2.24, 2.45) is 19.8 Å². The van der Waals surface area contributed by atoms with E-state index in [1.54, 1.807) is 36.1 Å². The Balaban J connectivity index is 1.74. The van der Waals surface area contributed by atoms with Gasteiger partial charge in [0.05, 0.1) is 0 Å². The number of benzene rings is 2. The normalized spacial score (nSPS) is 10.9. The highest BCUT2D eigenvalue weighted by atomic mass is 16.2. The van der Waals surface area contributed by atoms with Crippen molar-refractivity contribution in [3.05, 3.63) is 72.1 Å². The molecule has 0 radical (unpaired) electrons. The van der Waals surface area contributed by atoms with Gasteiger partial charge in [-0.3, -0.25) is 14.3 Å². The summed E-state index contributed by atoms with van der Waals surface area (Å²) in [7, 11) is 3.60. The number of hydrogen-bond donors (Lipinski definition) is 2. The fraction of sp³-hybridized carbons (Fsp3) is 0.0952. The second kappa shape index (κ2) is 6.70. The third-order valence-corrected chi connectivity index (χ3v) is 4.73. The van der Waals surface area contributed by atoms with Gasteiger partial charge in [-0.15, -0.1) is 0 Å². The van der Waals surface area contributed by atoms with Crippen LogP contribution in [0.15, 0.2) is 60.8 Å². The summed E-state index contributed by atoms with van der Waals surface area (Å²) in [4.78, 5) is 24.7. The Labute approximate surface area is 161 Å². The van der Waals surface area contributed by atoms with Gasteiger partial charge in [-0.25, -0.2) is 0 Å². The zero-order valence-electron chi connectivity index (χ0n) is 15.5. The van der Waals surface area contributed by atoms with Gasteiger partial charge in [-0.05, 0) is 23.8 Å².